The molecule has 0 radical (unpaired) electrons. The van der Waals surface area contributed by atoms with E-state index in [4.69, 9.17) is 11.1 Å². The van der Waals surface area contributed by atoms with E-state index in [9.17, 15) is 20.1 Å². The second-order valence-electron chi connectivity index (χ2n) is 7.29. The topological polar surface area (TPSA) is 228 Å². The van der Waals surface area contributed by atoms with Gasteiger partial charge in [0, 0.05) is 48.8 Å². The predicted molar refractivity (Wildman–Crippen MR) is 115 cm³/mol. The third kappa shape index (κ3) is 13.4. The molecule has 14 heteroatoms. The van der Waals surface area contributed by atoms with Gasteiger partial charge < -0.3 is 10.6 Å². The highest BCUT2D eigenvalue weighted by Crippen LogP contribution is 2.23. The quantitative estimate of drug-likeness (QED) is 0.158. The first-order chi connectivity index (χ1) is 15.2. The fourth-order valence-electron chi connectivity index (χ4n) is 2.21. The highest BCUT2D eigenvalue weighted by molar-refractivity contribution is 5.76. The molecule has 172 valence electrons. The summed E-state index contributed by atoms with van der Waals surface area (Å²) in [5.41, 5.74) is 13.8. The molecule has 2 unspecified atom stereocenters. The number of amides is 2. The van der Waals surface area contributed by atoms with E-state index in [-0.39, 0.29) is 50.6 Å². The highest BCUT2D eigenvalue weighted by atomic mass is 16.2. The summed E-state index contributed by atoms with van der Waals surface area (Å²) in [6.07, 6.45) is 1.28. The standard InChI is InChI=1S/C18H28N12O2/c1-17(13-19,7-5-15(31)23-9-3-11-25-29-21)27-28-18(2,14-20)8-6-16(32)24-10-4-12-26-30-22/h3-12H2,1-2H3,(H,23,31)(H,24,32). The molecule has 2 atom stereocenters. The molecule has 0 fully saturated rings. The van der Waals surface area contributed by atoms with Gasteiger partial charge in [-0.05, 0) is 50.6 Å². The molecule has 0 aliphatic heterocycles. The van der Waals surface area contributed by atoms with E-state index < -0.39 is 11.1 Å². The van der Waals surface area contributed by atoms with E-state index in [1.54, 1.807) is 0 Å². The average molecular weight is 445 g/mol. The van der Waals surface area contributed by atoms with Crippen molar-refractivity contribution in [2.75, 3.05) is 26.2 Å². The van der Waals surface area contributed by atoms with Crippen molar-refractivity contribution in [1.29, 1.82) is 10.5 Å². The Morgan fingerprint density at radius 3 is 1.53 bits per heavy atom. The molecule has 2 N–H and O–H groups in total. The second kappa shape index (κ2) is 15.9. The van der Waals surface area contributed by atoms with Crippen LogP contribution in [0.4, 0.5) is 0 Å². The van der Waals surface area contributed by atoms with Gasteiger partial charge in [0.1, 0.15) is 0 Å². The third-order valence-corrected chi connectivity index (χ3v) is 4.29. The van der Waals surface area contributed by atoms with Crippen molar-refractivity contribution in [3.8, 4) is 12.1 Å². The van der Waals surface area contributed by atoms with Crippen LogP contribution in [0.25, 0.3) is 20.9 Å². The molecule has 0 aliphatic rings. The molecule has 0 spiro atoms. The average Bonchev–Trinajstić information content (AvgIpc) is 2.80. The predicted octanol–water partition coefficient (Wildman–Crippen LogP) is 3.20. The minimum atomic E-state index is -1.30. The summed E-state index contributed by atoms with van der Waals surface area (Å²) >= 11 is 0. The first kappa shape index (κ1) is 28.1. The summed E-state index contributed by atoms with van der Waals surface area (Å²) in [6.45, 7) is 4.29. The Labute approximate surface area is 186 Å². The first-order valence-electron chi connectivity index (χ1n) is 10.1. The Kier molecular flexibility index (Phi) is 14.0. The van der Waals surface area contributed by atoms with Crippen LogP contribution in [0.3, 0.4) is 0 Å². The van der Waals surface area contributed by atoms with Gasteiger partial charge in [-0.3, -0.25) is 9.59 Å². The van der Waals surface area contributed by atoms with Crippen molar-refractivity contribution in [3.63, 3.8) is 0 Å². The maximum Gasteiger partial charge on any atom is 0.220 e. The zero-order valence-electron chi connectivity index (χ0n) is 18.4. The molecule has 32 heavy (non-hydrogen) atoms. The Balaban J connectivity index is 4.63. The Hall–Kier alpha value is -3.86. The monoisotopic (exact) mass is 444 g/mol. The van der Waals surface area contributed by atoms with Crippen LogP contribution in [0.15, 0.2) is 20.5 Å². The number of rotatable bonds is 16. The Morgan fingerprint density at radius 2 is 1.22 bits per heavy atom. The van der Waals surface area contributed by atoms with Crippen molar-refractivity contribution < 1.29 is 9.59 Å². The smallest absolute Gasteiger partial charge is 0.220 e. The van der Waals surface area contributed by atoms with E-state index in [1.807, 2.05) is 12.1 Å². The van der Waals surface area contributed by atoms with Crippen molar-refractivity contribution in [3.05, 3.63) is 20.9 Å². The fraction of sp³-hybridized carbons (Fsp3) is 0.778. The number of hydrogen-bond acceptors (Lipinski definition) is 8. The van der Waals surface area contributed by atoms with E-state index >= 15 is 0 Å². The molecule has 0 saturated carbocycles. The molecule has 2 amide bonds. The summed E-state index contributed by atoms with van der Waals surface area (Å²) in [7, 11) is 0. The Bertz CT molecular complexity index is 764. The Morgan fingerprint density at radius 1 is 0.844 bits per heavy atom. The first-order valence-corrected chi connectivity index (χ1v) is 10.1. The summed E-state index contributed by atoms with van der Waals surface area (Å²) in [6, 6.07) is 4.01. The molecule has 0 aromatic carbocycles. The molecule has 0 aliphatic carbocycles. The third-order valence-electron chi connectivity index (χ3n) is 4.29. The molecular weight excluding hydrogens is 416 g/mol. The molecular formula is C18H28N12O2. The van der Waals surface area contributed by atoms with Crippen molar-refractivity contribution in [1.82, 2.24) is 10.6 Å². The minimum Gasteiger partial charge on any atom is -0.356 e. The van der Waals surface area contributed by atoms with E-state index in [1.165, 1.54) is 13.8 Å². The number of carbonyl (C=O) groups excluding carboxylic acids is 2. The van der Waals surface area contributed by atoms with Gasteiger partial charge in [0.25, 0.3) is 0 Å². The molecule has 14 nitrogen and oxygen atoms in total. The summed E-state index contributed by atoms with van der Waals surface area (Å²) in [5.74, 6) is -0.550. The van der Waals surface area contributed by atoms with E-state index in [2.05, 4.69) is 40.9 Å². The van der Waals surface area contributed by atoms with Crippen molar-refractivity contribution in [2.45, 2.75) is 63.5 Å². The van der Waals surface area contributed by atoms with Crippen LogP contribution < -0.4 is 10.6 Å². The van der Waals surface area contributed by atoms with Crippen LogP contribution in [-0.2, 0) is 9.59 Å². The zero-order valence-corrected chi connectivity index (χ0v) is 18.4. The van der Waals surface area contributed by atoms with Gasteiger partial charge in [0.05, 0.1) is 12.1 Å². The van der Waals surface area contributed by atoms with E-state index in [0.717, 1.165) is 0 Å². The number of nitrogens with zero attached hydrogens (tertiary/aromatic N) is 10. The van der Waals surface area contributed by atoms with Crippen LogP contribution in [0.5, 0.6) is 0 Å². The summed E-state index contributed by atoms with van der Waals surface area (Å²) < 4.78 is 0. The number of azide groups is 2. The minimum absolute atomic E-state index is 0.0338. The number of azo groups is 1. The second-order valence-corrected chi connectivity index (χ2v) is 7.29. The fourth-order valence-corrected chi connectivity index (χ4v) is 2.21. The van der Waals surface area contributed by atoms with Crippen LogP contribution in [0.1, 0.15) is 52.4 Å². The lowest BCUT2D eigenvalue weighted by molar-refractivity contribution is -0.122. The summed E-state index contributed by atoms with van der Waals surface area (Å²) in [4.78, 5) is 29.0. The SMILES string of the molecule is CC(C#N)(CCC(=O)NCCCN=[N+]=[N-])N=NC(C)(C#N)CCC(=O)NCCCN=[N+]=[N-]. The van der Waals surface area contributed by atoms with E-state index in [0.29, 0.717) is 25.9 Å². The lowest BCUT2D eigenvalue weighted by Crippen LogP contribution is -2.30. The molecule has 0 saturated heterocycles. The number of nitriles is 2. The molecule has 0 rings (SSSR count). The lowest BCUT2D eigenvalue weighted by Gasteiger charge is -2.19. The largest absolute Gasteiger partial charge is 0.356 e. The highest BCUT2D eigenvalue weighted by Gasteiger charge is 2.29. The maximum atomic E-state index is 11.9. The van der Waals surface area contributed by atoms with Gasteiger partial charge in [0.2, 0.25) is 11.8 Å². The van der Waals surface area contributed by atoms with Gasteiger partial charge in [-0.2, -0.15) is 20.8 Å². The van der Waals surface area contributed by atoms with Crippen LogP contribution in [0.2, 0.25) is 0 Å². The molecule has 0 aromatic heterocycles. The molecule has 0 aromatic rings. The lowest BCUT2D eigenvalue weighted by atomic mass is 9.97. The number of hydrogen-bond donors (Lipinski definition) is 2. The van der Waals surface area contributed by atoms with Crippen molar-refractivity contribution in [2.24, 2.45) is 20.5 Å². The van der Waals surface area contributed by atoms with Gasteiger partial charge in [-0.15, -0.1) is 0 Å². The van der Waals surface area contributed by atoms with Gasteiger partial charge in [-0.1, -0.05) is 10.2 Å². The van der Waals surface area contributed by atoms with Crippen LogP contribution in [-0.4, -0.2) is 49.1 Å². The maximum absolute atomic E-state index is 11.9. The number of nitrogens with one attached hydrogen (secondary N) is 2. The van der Waals surface area contributed by atoms with Gasteiger partial charge in [-0.25, -0.2) is 0 Å². The van der Waals surface area contributed by atoms with Crippen LogP contribution in [0, 0.1) is 22.7 Å². The molecule has 0 bridgehead atoms. The molecule has 0 heterocycles. The normalized spacial score (nSPS) is 13.9. The van der Waals surface area contributed by atoms with Crippen LogP contribution >= 0.6 is 0 Å². The number of carbonyl (C=O) groups is 2. The van der Waals surface area contributed by atoms with Gasteiger partial charge >= 0.3 is 0 Å². The van der Waals surface area contributed by atoms with Crippen molar-refractivity contribution >= 4 is 11.8 Å². The van der Waals surface area contributed by atoms with Gasteiger partial charge in [0.15, 0.2) is 11.1 Å². The zero-order chi connectivity index (χ0) is 24.3. The summed E-state index contributed by atoms with van der Waals surface area (Å²) in [5, 5.41) is 39.0.